The van der Waals surface area contributed by atoms with E-state index < -0.39 is 0 Å². The maximum atomic E-state index is 12.2. The normalized spacial score (nSPS) is 23.2. The highest BCUT2D eigenvalue weighted by molar-refractivity contribution is 5.94. The number of hydrogen-bond acceptors (Lipinski definition) is 4. The zero-order valence-electron chi connectivity index (χ0n) is 13.0. The van der Waals surface area contributed by atoms with Gasteiger partial charge in [0.05, 0.1) is 6.21 Å². The standard InChI is InChI=1S/C17H23N3O2/c1-3-12-8-14(22-15(12)10-18)16(21)19-11-13-9-17(13)4-6-20(2)7-5-17/h3,8,10,13,18H,1,4-7,9,11H2,2H3,(H,19,21). The second kappa shape index (κ2) is 5.72. The number of carbonyl (C=O) groups excluding carboxylic acids is 1. The van der Waals surface area contributed by atoms with Crippen molar-refractivity contribution in [3.63, 3.8) is 0 Å². The molecule has 1 aromatic rings. The first-order chi connectivity index (χ1) is 10.6. The molecule has 1 aromatic heterocycles. The first-order valence-corrected chi connectivity index (χ1v) is 7.81. The van der Waals surface area contributed by atoms with Gasteiger partial charge in [0.2, 0.25) is 0 Å². The summed E-state index contributed by atoms with van der Waals surface area (Å²) in [5.41, 5.74) is 1.15. The highest BCUT2D eigenvalue weighted by Gasteiger charge is 2.54. The van der Waals surface area contributed by atoms with Crippen LogP contribution in [0.4, 0.5) is 0 Å². The Morgan fingerprint density at radius 2 is 2.32 bits per heavy atom. The van der Waals surface area contributed by atoms with E-state index in [1.807, 2.05) is 0 Å². The summed E-state index contributed by atoms with van der Waals surface area (Å²) in [7, 11) is 2.17. The minimum atomic E-state index is -0.203. The van der Waals surface area contributed by atoms with Crippen LogP contribution in [0.1, 0.15) is 41.1 Å². The average molecular weight is 301 g/mol. The lowest BCUT2D eigenvalue weighted by Gasteiger charge is -2.30. The molecule has 5 heteroatoms. The molecule has 3 rings (SSSR count). The van der Waals surface area contributed by atoms with Gasteiger partial charge >= 0.3 is 0 Å². The second-order valence-electron chi connectivity index (χ2n) is 6.56. The summed E-state index contributed by atoms with van der Waals surface area (Å²) < 4.78 is 5.39. The minimum Gasteiger partial charge on any atom is -0.449 e. The molecular formula is C17H23N3O2. The summed E-state index contributed by atoms with van der Waals surface area (Å²) in [5.74, 6) is 1.03. The second-order valence-corrected chi connectivity index (χ2v) is 6.56. The van der Waals surface area contributed by atoms with Gasteiger partial charge in [-0.25, -0.2) is 0 Å². The van der Waals surface area contributed by atoms with E-state index in [4.69, 9.17) is 9.83 Å². The monoisotopic (exact) mass is 301 g/mol. The van der Waals surface area contributed by atoms with Crippen molar-refractivity contribution in [3.05, 3.63) is 29.7 Å². The third-order valence-corrected chi connectivity index (χ3v) is 5.22. The number of piperidine rings is 1. The number of furan rings is 1. The van der Waals surface area contributed by atoms with Gasteiger partial charge in [0.15, 0.2) is 11.5 Å². The summed E-state index contributed by atoms with van der Waals surface area (Å²) in [6.07, 6.45) is 6.40. The maximum absolute atomic E-state index is 12.2. The first-order valence-electron chi connectivity index (χ1n) is 7.81. The third kappa shape index (κ3) is 2.73. The van der Waals surface area contributed by atoms with Crippen LogP contribution in [0.3, 0.4) is 0 Å². The summed E-state index contributed by atoms with van der Waals surface area (Å²) >= 11 is 0. The van der Waals surface area contributed by atoms with Gasteiger partial charge < -0.3 is 20.0 Å². The molecule has 118 valence electrons. The van der Waals surface area contributed by atoms with Crippen molar-refractivity contribution in [3.8, 4) is 0 Å². The Morgan fingerprint density at radius 3 is 2.91 bits per heavy atom. The van der Waals surface area contributed by atoms with Crippen molar-refractivity contribution in [2.75, 3.05) is 26.7 Å². The van der Waals surface area contributed by atoms with Gasteiger partial charge in [-0.15, -0.1) is 0 Å². The lowest BCUT2D eigenvalue weighted by Crippen LogP contribution is -2.34. The summed E-state index contributed by atoms with van der Waals surface area (Å²) in [6.45, 7) is 6.70. The predicted molar refractivity (Wildman–Crippen MR) is 86.3 cm³/mol. The average Bonchev–Trinajstić information content (AvgIpc) is 3.02. The SMILES string of the molecule is C=Cc1cc(C(=O)NCC2CC23CCN(C)CC3)oc1C=N. The van der Waals surface area contributed by atoms with Gasteiger partial charge in [-0.1, -0.05) is 12.7 Å². The number of carbonyl (C=O) groups is 1. The molecule has 1 atom stereocenters. The quantitative estimate of drug-likeness (QED) is 0.820. The third-order valence-electron chi connectivity index (χ3n) is 5.22. The number of nitrogens with one attached hydrogen (secondary N) is 2. The molecule has 22 heavy (non-hydrogen) atoms. The van der Waals surface area contributed by atoms with Gasteiger partial charge in [-0.2, -0.15) is 0 Å². The Morgan fingerprint density at radius 1 is 1.59 bits per heavy atom. The van der Waals surface area contributed by atoms with Gasteiger partial charge in [0, 0.05) is 12.1 Å². The van der Waals surface area contributed by atoms with Crippen molar-refractivity contribution < 1.29 is 9.21 Å². The Kier molecular flexibility index (Phi) is 3.91. The Labute approximate surface area is 130 Å². The highest BCUT2D eigenvalue weighted by atomic mass is 16.4. The predicted octanol–water partition coefficient (Wildman–Crippen LogP) is 2.38. The molecule has 1 saturated carbocycles. The van der Waals surface area contributed by atoms with Crippen LogP contribution in [0.5, 0.6) is 0 Å². The van der Waals surface area contributed by atoms with Crippen LogP contribution in [-0.4, -0.2) is 43.7 Å². The Balaban J connectivity index is 1.54. The van der Waals surface area contributed by atoms with Crippen molar-refractivity contribution in [2.45, 2.75) is 19.3 Å². The first kappa shape index (κ1) is 15.0. The highest BCUT2D eigenvalue weighted by Crippen LogP contribution is 2.58. The molecule has 1 amide bonds. The van der Waals surface area contributed by atoms with Crippen molar-refractivity contribution in [2.24, 2.45) is 11.3 Å². The van der Waals surface area contributed by atoms with Crippen LogP contribution in [0.15, 0.2) is 17.1 Å². The van der Waals surface area contributed by atoms with Crippen LogP contribution in [0.25, 0.3) is 6.08 Å². The molecule has 1 saturated heterocycles. The molecule has 2 aliphatic rings. The lowest BCUT2D eigenvalue weighted by atomic mass is 9.91. The summed E-state index contributed by atoms with van der Waals surface area (Å²) in [6, 6.07) is 1.64. The Hall–Kier alpha value is -1.88. The molecule has 0 aromatic carbocycles. The molecular weight excluding hydrogens is 278 g/mol. The molecule has 1 aliphatic heterocycles. The lowest BCUT2D eigenvalue weighted by molar-refractivity contribution is 0.0920. The fourth-order valence-corrected chi connectivity index (χ4v) is 3.50. The topological polar surface area (TPSA) is 69.3 Å². The number of hydrogen-bond donors (Lipinski definition) is 2. The van der Waals surface area contributed by atoms with Crippen LogP contribution in [0.2, 0.25) is 0 Å². The molecule has 1 spiro atoms. The van der Waals surface area contributed by atoms with E-state index in [9.17, 15) is 4.79 Å². The van der Waals surface area contributed by atoms with E-state index in [1.54, 1.807) is 12.1 Å². The number of nitrogens with zero attached hydrogens (tertiary/aromatic N) is 1. The molecule has 2 fully saturated rings. The summed E-state index contributed by atoms with van der Waals surface area (Å²) in [5, 5.41) is 10.2. The van der Waals surface area contributed by atoms with Crippen molar-refractivity contribution in [1.82, 2.24) is 10.2 Å². The van der Waals surface area contributed by atoms with Crippen LogP contribution < -0.4 is 5.32 Å². The zero-order valence-corrected chi connectivity index (χ0v) is 13.0. The minimum absolute atomic E-state index is 0.203. The fraction of sp³-hybridized carbons (Fsp3) is 0.529. The molecule has 2 heterocycles. The van der Waals surface area contributed by atoms with E-state index in [0.29, 0.717) is 29.2 Å². The summed E-state index contributed by atoms with van der Waals surface area (Å²) in [4.78, 5) is 14.5. The van der Waals surface area contributed by atoms with E-state index in [2.05, 4.69) is 23.8 Å². The molecule has 5 nitrogen and oxygen atoms in total. The zero-order chi connectivity index (χ0) is 15.7. The van der Waals surface area contributed by atoms with Crippen LogP contribution in [-0.2, 0) is 0 Å². The van der Waals surface area contributed by atoms with E-state index >= 15 is 0 Å². The van der Waals surface area contributed by atoms with Crippen LogP contribution >= 0.6 is 0 Å². The number of likely N-dealkylation sites (tertiary alicyclic amines) is 1. The van der Waals surface area contributed by atoms with Crippen LogP contribution in [0, 0.1) is 16.7 Å². The van der Waals surface area contributed by atoms with Gasteiger partial charge in [0.25, 0.3) is 5.91 Å². The molecule has 1 unspecified atom stereocenters. The maximum Gasteiger partial charge on any atom is 0.287 e. The van der Waals surface area contributed by atoms with Gasteiger partial charge in [-0.3, -0.25) is 4.79 Å². The van der Waals surface area contributed by atoms with E-state index in [0.717, 1.165) is 19.3 Å². The van der Waals surface area contributed by atoms with E-state index in [-0.39, 0.29) is 11.7 Å². The van der Waals surface area contributed by atoms with Crippen molar-refractivity contribution >= 4 is 18.2 Å². The molecule has 2 N–H and O–H groups in total. The van der Waals surface area contributed by atoms with E-state index in [1.165, 1.54) is 19.3 Å². The molecule has 0 radical (unpaired) electrons. The van der Waals surface area contributed by atoms with Gasteiger partial charge in [-0.05, 0) is 56.8 Å². The van der Waals surface area contributed by atoms with Crippen molar-refractivity contribution in [1.29, 1.82) is 5.41 Å². The van der Waals surface area contributed by atoms with Gasteiger partial charge in [0.1, 0.15) is 0 Å². The fourth-order valence-electron chi connectivity index (χ4n) is 3.50. The largest absolute Gasteiger partial charge is 0.449 e. The molecule has 0 bridgehead atoms. The number of rotatable bonds is 5. The Bertz CT molecular complexity index is 572. The smallest absolute Gasteiger partial charge is 0.287 e. The molecule has 1 aliphatic carbocycles. The number of amides is 1.